The van der Waals surface area contributed by atoms with Crippen molar-refractivity contribution < 1.29 is 9.66 Å². The molecule has 104 valence electrons. The maximum absolute atomic E-state index is 10.7. The summed E-state index contributed by atoms with van der Waals surface area (Å²) in [6.07, 6.45) is 0. The normalized spacial score (nSPS) is 10.3. The van der Waals surface area contributed by atoms with E-state index in [1.165, 1.54) is 17.7 Å². The molecule has 0 saturated heterocycles. The molecule has 0 atom stereocenters. The molecule has 0 unspecified atom stereocenters. The van der Waals surface area contributed by atoms with E-state index in [0.717, 1.165) is 16.9 Å². The van der Waals surface area contributed by atoms with Gasteiger partial charge in [-0.1, -0.05) is 33.6 Å². The van der Waals surface area contributed by atoms with Crippen molar-refractivity contribution in [2.75, 3.05) is 0 Å². The van der Waals surface area contributed by atoms with Crippen LogP contribution in [0.1, 0.15) is 16.7 Å². The lowest BCUT2D eigenvalue weighted by Crippen LogP contribution is -1.99. The first-order valence-electron chi connectivity index (χ1n) is 6.10. The van der Waals surface area contributed by atoms with Crippen LogP contribution in [0.4, 0.5) is 5.69 Å². The minimum absolute atomic E-state index is 0.0622. The van der Waals surface area contributed by atoms with Crippen molar-refractivity contribution in [1.82, 2.24) is 0 Å². The number of rotatable bonds is 4. The van der Waals surface area contributed by atoms with Gasteiger partial charge in [-0.2, -0.15) is 0 Å². The predicted molar refractivity (Wildman–Crippen MR) is 81.0 cm³/mol. The third kappa shape index (κ3) is 3.36. The molecule has 5 heteroatoms. The van der Waals surface area contributed by atoms with Crippen molar-refractivity contribution in [1.29, 1.82) is 0 Å². The first-order valence-corrected chi connectivity index (χ1v) is 6.89. The van der Waals surface area contributed by atoms with Crippen molar-refractivity contribution in [2.24, 2.45) is 0 Å². The van der Waals surface area contributed by atoms with Crippen LogP contribution >= 0.6 is 15.9 Å². The molecule has 0 heterocycles. The number of halogens is 1. The van der Waals surface area contributed by atoms with Crippen molar-refractivity contribution in [2.45, 2.75) is 20.5 Å². The highest BCUT2D eigenvalue weighted by atomic mass is 79.9. The molecule has 20 heavy (non-hydrogen) atoms. The molecule has 0 spiro atoms. The molecule has 0 fully saturated rings. The van der Waals surface area contributed by atoms with Gasteiger partial charge in [-0.15, -0.1) is 0 Å². The lowest BCUT2D eigenvalue weighted by Gasteiger charge is -2.10. The van der Waals surface area contributed by atoms with Crippen molar-refractivity contribution in [3.05, 3.63) is 67.7 Å². The zero-order valence-corrected chi connectivity index (χ0v) is 12.8. The largest absolute Gasteiger partial charge is 0.489 e. The quantitative estimate of drug-likeness (QED) is 0.608. The van der Waals surface area contributed by atoms with Gasteiger partial charge in [0.2, 0.25) is 0 Å². The Balaban J connectivity index is 2.13. The van der Waals surface area contributed by atoms with Crippen molar-refractivity contribution in [3.63, 3.8) is 0 Å². The van der Waals surface area contributed by atoms with Gasteiger partial charge in [0.15, 0.2) is 0 Å². The van der Waals surface area contributed by atoms with Gasteiger partial charge in [0.1, 0.15) is 12.4 Å². The predicted octanol–water partition coefficient (Wildman–Crippen LogP) is 4.55. The summed E-state index contributed by atoms with van der Waals surface area (Å²) in [5.41, 5.74) is 3.19. The second-order valence-corrected chi connectivity index (χ2v) is 5.44. The van der Waals surface area contributed by atoms with Gasteiger partial charge in [-0.25, -0.2) is 0 Å². The third-order valence-electron chi connectivity index (χ3n) is 2.96. The molecule has 0 aliphatic rings. The maximum atomic E-state index is 10.7. The summed E-state index contributed by atoms with van der Waals surface area (Å²) in [6.45, 7) is 4.39. The van der Waals surface area contributed by atoms with Gasteiger partial charge in [0, 0.05) is 22.2 Å². The van der Waals surface area contributed by atoms with Crippen LogP contribution in [-0.2, 0) is 6.61 Å². The van der Waals surface area contributed by atoms with E-state index < -0.39 is 4.92 Å². The number of hydrogen-bond donors (Lipinski definition) is 0. The third-order valence-corrected chi connectivity index (χ3v) is 3.70. The zero-order valence-electron chi connectivity index (χ0n) is 11.2. The molecule has 4 nitrogen and oxygen atoms in total. The van der Waals surface area contributed by atoms with Gasteiger partial charge < -0.3 is 4.74 Å². The molecule has 0 radical (unpaired) electrons. The van der Waals surface area contributed by atoms with E-state index in [2.05, 4.69) is 22.0 Å². The summed E-state index contributed by atoms with van der Waals surface area (Å²) < 4.78 is 6.44. The summed E-state index contributed by atoms with van der Waals surface area (Å²) in [4.78, 5) is 10.3. The van der Waals surface area contributed by atoms with Crippen LogP contribution in [0.15, 0.2) is 40.9 Å². The summed E-state index contributed by atoms with van der Waals surface area (Å²) in [5.74, 6) is 0.820. The number of non-ortho nitro benzene ring substituents is 1. The maximum Gasteiger partial charge on any atom is 0.270 e. The highest BCUT2D eigenvalue weighted by Gasteiger charge is 2.10. The Labute approximate surface area is 125 Å². The lowest BCUT2D eigenvalue weighted by molar-refractivity contribution is -0.384. The van der Waals surface area contributed by atoms with Crippen molar-refractivity contribution in [3.8, 4) is 5.75 Å². The Kier molecular flexibility index (Phi) is 4.39. The monoisotopic (exact) mass is 335 g/mol. The first-order chi connectivity index (χ1) is 9.47. The SMILES string of the molecule is Cc1ccc(OCc2ccc([N+](=O)[O-])cc2Br)c(C)c1. The molecule has 2 aromatic carbocycles. The highest BCUT2D eigenvalue weighted by molar-refractivity contribution is 9.10. The zero-order chi connectivity index (χ0) is 14.7. The van der Waals surface area contributed by atoms with Crippen LogP contribution in [0.25, 0.3) is 0 Å². The second-order valence-electron chi connectivity index (χ2n) is 4.59. The molecule has 0 aromatic heterocycles. The van der Waals surface area contributed by atoms with Crippen LogP contribution in [0.5, 0.6) is 5.75 Å². The summed E-state index contributed by atoms with van der Waals surface area (Å²) in [7, 11) is 0. The van der Waals surface area contributed by atoms with E-state index in [1.807, 2.05) is 26.0 Å². The summed E-state index contributed by atoms with van der Waals surface area (Å²) in [5, 5.41) is 10.7. The number of benzene rings is 2. The van der Waals surface area contributed by atoms with E-state index in [1.54, 1.807) is 6.07 Å². The van der Waals surface area contributed by atoms with Crippen LogP contribution in [0.3, 0.4) is 0 Å². The van der Waals surface area contributed by atoms with E-state index in [4.69, 9.17) is 4.74 Å². The van der Waals surface area contributed by atoms with Gasteiger partial charge in [0.05, 0.1) is 4.92 Å². The van der Waals surface area contributed by atoms with E-state index in [9.17, 15) is 10.1 Å². The summed E-state index contributed by atoms with van der Waals surface area (Å²) in [6, 6.07) is 10.6. The first kappa shape index (κ1) is 14.5. The lowest BCUT2D eigenvalue weighted by atomic mass is 10.1. The Morgan fingerprint density at radius 1 is 1.20 bits per heavy atom. The fourth-order valence-electron chi connectivity index (χ4n) is 1.88. The number of nitro groups is 1. The van der Waals surface area contributed by atoms with E-state index in [-0.39, 0.29) is 5.69 Å². The highest BCUT2D eigenvalue weighted by Crippen LogP contribution is 2.25. The molecule has 0 aliphatic heterocycles. The average molecular weight is 336 g/mol. The second kappa shape index (κ2) is 6.05. The topological polar surface area (TPSA) is 52.4 Å². The number of hydrogen-bond acceptors (Lipinski definition) is 3. The van der Waals surface area contributed by atoms with Gasteiger partial charge >= 0.3 is 0 Å². The smallest absolute Gasteiger partial charge is 0.270 e. The number of nitro benzene ring substituents is 1. The minimum atomic E-state index is -0.417. The van der Waals surface area contributed by atoms with Crippen LogP contribution in [0.2, 0.25) is 0 Å². The van der Waals surface area contributed by atoms with E-state index in [0.29, 0.717) is 11.1 Å². The Morgan fingerprint density at radius 3 is 2.55 bits per heavy atom. The standard InChI is InChI=1S/C15H14BrNO3/c1-10-3-6-15(11(2)7-10)20-9-12-4-5-13(17(18)19)8-14(12)16/h3-8H,9H2,1-2H3. The fraction of sp³-hybridized carbons (Fsp3) is 0.200. The number of ether oxygens (including phenoxy) is 1. The minimum Gasteiger partial charge on any atom is -0.489 e. The molecule has 2 rings (SSSR count). The fourth-order valence-corrected chi connectivity index (χ4v) is 2.36. The summed E-state index contributed by atoms with van der Waals surface area (Å²) >= 11 is 3.33. The Hall–Kier alpha value is -1.88. The molecule has 0 bridgehead atoms. The van der Waals surface area contributed by atoms with Crippen LogP contribution in [-0.4, -0.2) is 4.92 Å². The van der Waals surface area contributed by atoms with Crippen LogP contribution < -0.4 is 4.74 Å². The number of nitrogens with zero attached hydrogens (tertiary/aromatic N) is 1. The molecular weight excluding hydrogens is 322 g/mol. The molecule has 0 amide bonds. The molecule has 0 saturated carbocycles. The molecular formula is C15H14BrNO3. The van der Waals surface area contributed by atoms with Gasteiger partial charge in [-0.05, 0) is 31.5 Å². The van der Waals surface area contributed by atoms with E-state index >= 15 is 0 Å². The Bertz CT molecular complexity index is 656. The molecule has 2 aromatic rings. The van der Waals surface area contributed by atoms with Crippen LogP contribution in [0, 0.1) is 24.0 Å². The van der Waals surface area contributed by atoms with Crippen molar-refractivity contribution >= 4 is 21.6 Å². The average Bonchev–Trinajstić information content (AvgIpc) is 2.38. The molecule has 0 aliphatic carbocycles. The van der Waals surface area contributed by atoms with Gasteiger partial charge in [0.25, 0.3) is 5.69 Å². The Morgan fingerprint density at radius 2 is 1.95 bits per heavy atom. The van der Waals surface area contributed by atoms with Gasteiger partial charge in [-0.3, -0.25) is 10.1 Å². The number of aryl methyl sites for hydroxylation is 2. The molecule has 0 N–H and O–H groups in total.